The van der Waals surface area contributed by atoms with Crippen molar-refractivity contribution in [3.63, 3.8) is 0 Å². The van der Waals surface area contributed by atoms with Crippen molar-refractivity contribution in [1.82, 2.24) is 25.6 Å². The van der Waals surface area contributed by atoms with Crippen LogP contribution in [-0.2, 0) is 17.8 Å². The summed E-state index contributed by atoms with van der Waals surface area (Å²) in [5, 5.41) is 7.16. The van der Waals surface area contributed by atoms with Crippen molar-refractivity contribution in [2.75, 3.05) is 0 Å². The third kappa shape index (κ3) is 4.22. The summed E-state index contributed by atoms with van der Waals surface area (Å²) in [5.74, 6) is -0.664. The van der Waals surface area contributed by atoms with Gasteiger partial charge in [0.15, 0.2) is 0 Å². The number of nitrogens with zero attached hydrogens (tertiary/aromatic N) is 2. The molecule has 3 N–H and O–H groups in total. The highest BCUT2D eigenvalue weighted by Crippen LogP contribution is 2.29. The van der Waals surface area contributed by atoms with Crippen molar-refractivity contribution in [2.24, 2.45) is 0 Å². The number of aromatic nitrogens is 3. The maximum Gasteiger partial charge on any atom is 0.279 e. The molecule has 3 aromatic heterocycles. The van der Waals surface area contributed by atoms with Crippen LogP contribution in [0.3, 0.4) is 0 Å². The summed E-state index contributed by atoms with van der Waals surface area (Å²) in [7, 11) is 0. The largest absolute Gasteiger partial charge is 0.361 e. The minimum absolute atomic E-state index is 0.155. The quantitative estimate of drug-likeness (QED) is 0.323. The van der Waals surface area contributed by atoms with Gasteiger partial charge in [-0.25, -0.2) is 0 Å². The predicted octanol–water partition coefficient (Wildman–Crippen LogP) is 4.59. The first-order valence-corrected chi connectivity index (χ1v) is 11.5. The van der Waals surface area contributed by atoms with Crippen molar-refractivity contribution in [3.8, 4) is 0 Å². The number of carbonyl (C=O) groups is 2. The van der Waals surface area contributed by atoms with Crippen LogP contribution in [-0.4, -0.2) is 26.6 Å². The summed E-state index contributed by atoms with van der Waals surface area (Å²) in [4.78, 5) is 29.6. The summed E-state index contributed by atoms with van der Waals surface area (Å²) in [6.07, 6.45) is 1.97. The average molecular weight is 478 g/mol. The Bertz CT molecular complexity index is 1500. The van der Waals surface area contributed by atoms with E-state index >= 15 is 0 Å². The van der Waals surface area contributed by atoms with Gasteiger partial charge in [-0.05, 0) is 36.2 Å². The monoisotopic (exact) mass is 477 g/mol. The van der Waals surface area contributed by atoms with Gasteiger partial charge in [-0.3, -0.25) is 25.1 Å². The van der Waals surface area contributed by atoms with E-state index < -0.39 is 0 Å². The molecule has 5 aromatic rings. The zero-order chi connectivity index (χ0) is 22.9. The number of halogens is 1. The van der Waals surface area contributed by atoms with Crippen LogP contribution in [0.5, 0.6) is 0 Å². The Morgan fingerprint density at radius 3 is 2.70 bits per heavy atom. The number of carbonyl (C=O) groups excluding carboxylic acids is 2. The van der Waals surface area contributed by atoms with E-state index in [1.807, 2.05) is 66.3 Å². The third-order valence-electron chi connectivity index (χ3n) is 5.45. The number of hydrogen-bond acceptors (Lipinski definition) is 4. The number of H-pyrrole nitrogens is 1. The standard InChI is InChI=1S/C24H20ClN5O2S/c1-14-18-11-21(33-24(18)30(29-14)13-15-6-2-4-8-19(15)25)23(32)28-27-22(31)10-16-12-26-20-9-5-3-7-17(16)20/h2-9,11-12,26H,10,13H2,1H3,(H,27,31)(H,28,32). The Morgan fingerprint density at radius 1 is 1.06 bits per heavy atom. The highest BCUT2D eigenvalue weighted by atomic mass is 35.5. The van der Waals surface area contributed by atoms with E-state index in [1.165, 1.54) is 11.3 Å². The molecule has 0 aliphatic carbocycles. The number of aromatic amines is 1. The Balaban J connectivity index is 1.27. The molecule has 0 aliphatic heterocycles. The van der Waals surface area contributed by atoms with E-state index in [9.17, 15) is 9.59 Å². The van der Waals surface area contributed by atoms with Crippen LogP contribution in [0.2, 0.25) is 5.02 Å². The Labute approximate surface area is 198 Å². The van der Waals surface area contributed by atoms with Gasteiger partial charge in [0.05, 0.1) is 23.5 Å². The first-order chi connectivity index (χ1) is 16.0. The predicted molar refractivity (Wildman–Crippen MR) is 131 cm³/mol. The summed E-state index contributed by atoms with van der Waals surface area (Å²) in [5.41, 5.74) is 8.65. The van der Waals surface area contributed by atoms with Gasteiger partial charge in [0, 0.05) is 27.5 Å². The van der Waals surface area contributed by atoms with Gasteiger partial charge in [0.1, 0.15) is 4.83 Å². The van der Waals surface area contributed by atoms with E-state index in [-0.39, 0.29) is 18.2 Å². The Hall–Kier alpha value is -3.62. The number of aryl methyl sites for hydroxylation is 1. The fraction of sp³-hybridized carbons (Fsp3) is 0.125. The summed E-state index contributed by atoms with van der Waals surface area (Å²) < 4.78 is 1.85. The molecule has 0 saturated heterocycles. The molecule has 9 heteroatoms. The lowest BCUT2D eigenvalue weighted by atomic mass is 10.1. The van der Waals surface area contributed by atoms with E-state index in [0.29, 0.717) is 16.4 Å². The van der Waals surface area contributed by atoms with Gasteiger partial charge >= 0.3 is 0 Å². The molecule has 0 atom stereocenters. The third-order valence-corrected chi connectivity index (χ3v) is 6.97. The van der Waals surface area contributed by atoms with Crippen LogP contribution in [0, 0.1) is 6.92 Å². The first kappa shape index (κ1) is 21.2. The molecule has 166 valence electrons. The number of hydrogen-bond donors (Lipinski definition) is 3. The second kappa shape index (κ2) is 8.73. The maximum absolute atomic E-state index is 12.7. The number of amides is 2. The van der Waals surface area contributed by atoms with Crippen molar-refractivity contribution in [2.45, 2.75) is 19.9 Å². The van der Waals surface area contributed by atoms with Crippen LogP contribution < -0.4 is 10.9 Å². The highest BCUT2D eigenvalue weighted by molar-refractivity contribution is 7.20. The minimum atomic E-state index is -0.368. The molecule has 33 heavy (non-hydrogen) atoms. The smallest absolute Gasteiger partial charge is 0.279 e. The van der Waals surface area contributed by atoms with Crippen LogP contribution >= 0.6 is 22.9 Å². The maximum atomic E-state index is 12.7. The number of rotatable bonds is 5. The van der Waals surface area contributed by atoms with Gasteiger partial charge in [0.2, 0.25) is 5.91 Å². The second-order valence-corrected chi connectivity index (χ2v) is 9.14. The van der Waals surface area contributed by atoms with E-state index in [1.54, 1.807) is 6.07 Å². The number of thiophene rings is 1. The molecule has 0 bridgehead atoms. The molecular formula is C24H20ClN5O2S. The van der Waals surface area contributed by atoms with Crippen molar-refractivity contribution in [3.05, 3.63) is 87.5 Å². The average Bonchev–Trinajstić information content (AvgIpc) is 3.50. The molecule has 3 heterocycles. The molecule has 0 spiro atoms. The molecule has 0 unspecified atom stereocenters. The van der Waals surface area contributed by atoms with E-state index in [2.05, 4.69) is 20.9 Å². The molecule has 5 rings (SSSR count). The zero-order valence-electron chi connectivity index (χ0n) is 17.7. The summed E-state index contributed by atoms with van der Waals surface area (Å²) in [6, 6.07) is 17.2. The SMILES string of the molecule is Cc1nn(Cc2ccccc2Cl)c2sc(C(=O)NNC(=O)Cc3c[nH]c4ccccc34)cc12. The zero-order valence-corrected chi connectivity index (χ0v) is 19.3. The molecule has 0 radical (unpaired) electrons. The Morgan fingerprint density at radius 2 is 1.85 bits per heavy atom. The molecular weight excluding hydrogens is 458 g/mol. The number of para-hydroxylation sites is 1. The van der Waals surface area contributed by atoms with Gasteiger partial charge in [-0.2, -0.15) is 5.10 Å². The fourth-order valence-corrected chi connectivity index (χ4v) is 5.05. The van der Waals surface area contributed by atoms with Crippen LogP contribution in [0.4, 0.5) is 0 Å². The van der Waals surface area contributed by atoms with Crippen molar-refractivity contribution in [1.29, 1.82) is 0 Å². The number of nitrogens with one attached hydrogen (secondary N) is 3. The first-order valence-electron chi connectivity index (χ1n) is 10.3. The van der Waals surface area contributed by atoms with Crippen molar-refractivity contribution < 1.29 is 9.59 Å². The van der Waals surface area contributed by atoms with Gasteiger partial charge in [-0.15, -0.1) is 11.3 Å². The molecule has 0 saturated carbocycles. The topological polar surface area (TPSA) is 91.8 Å². The van der Waals surface area contributed by atoms with Crippen molar-refractivity contribution >= 4 is 55.9 Å². The second-order valence-electron chi connectivity index (χ2n) is 7.70. The lowest BCUT2D eigenvalue weighted by Crippen LogP contribution is -2.42. The van der Waals surface area contributed by atoms with Crippen LogP contribution in [0.15, 0.2) is 60.8 Å². The molecule has 2 aromatic carbocycles. The van der Waals surface area contributed by atoms with E-state index in [4.69, 9.17) is 11.6 Å². The van der Waals surface area contributed by atoms with Crippen LogP contribution in [0.1, 0.15) is 26.5 Å². The number of hydrazine groups is 1. The van der Waals surface area contributed by atoms with Gasteiger partial charge < -0.3 is 4.98 Å². The molecule has 2 amide bonds. The molecule has 0 fully saturated rings. The van der Waals surface area contributed by atoms with Crippen LogP contribution in [0.25, 0.3) is 21.1 Å². The molecule has 0 aliphatic rings. The minimum Gasteiger partial charge on any atom is -0.361 e. The highest BCUT2D eigenvalue weighted by Gasteiger charge is 2.18. The number of benzene rings is 2. The fourth-order valence-electron chi connectivity index (χ4n) is 3.80. The lowest BCUT2D eigenvalue weighted by molar-refractivity contribution is -0.121. The number of fused-ring (bicyclic) bond motifs is 2. The normalized spacial score (nSPS) is 11.2. The van der Waals surface area contributed by atoms with Gasteiger partial charge in [-0.1, -0.05) is 48.0 Å². The lowest BCUT2D eigenvalue weighted by Gasteiger charge is -2.06. The van der Waals surface area contributed by atoms with E-state index in [0.717, 1.165) is 37.9 Å². The molecule has 7 nitrogen and oxygen atoms in total. The summed E-state index contributed by atoms with van der Waals surface area (Å²) in [6.45, 7) is 2.41. The summed E-state index contributed by atoms with van der Waals surface area (Å²) >= 11 is 7.62. The van der Waals surface area contributed by atoms with Gasteiger partial charge in [0.25, 0.3) is 5.91 Å². The Kier molecular flexibility index (Phi) is 5.62.